The van der Waals surface area contributed by atoms with Gasteiger partial charge in [0, 0.05) is 5.56 Å². The number of hydrogen-bond donors (Lipinski definition) is 1. The summed E-state index contributed by atoms with van der Waals surface area (Å²) in [6.45, 7) is 4.68. The van der Waals surface area contributed by atoms with Gasteiger partial charge in [0.1, 0.15) is 5.75 Å². The molecule has 0 bridgehead atoms. The van der Waals surface area contributed by atoms with Crippen LogP contribution in [0.25, 0.3) is 0 Å². The lowest BCUT2D eigenvalue weighted by molar-refractivity contribution is 0.0997. The molecular weight excluding hydrogens is 236 g/mol. The molecule has 19 heavy (non-hydrogen) atoms. The van der Waals surface area contributed by atoms with Crippen LogP contribution in [-0.2, 0) is 6.42 Å². The zero-order valence-electron chi connectivity index (χ0n) is 11.9. The number of hydrogen-bond acceptors (Lipinski definition) is 2. The molecule has 2 aliphatic carbocycles. The Bertz CT molecular complexity index is 455. The predicted molar refractivity (Wildman–Crippen MR) is 76.3 cm³/mol. The molecule has 2 nitrogen and oxygen atoms in total. The van der Waals surface area contributed by atoms with Gasteiger partial charge in [-0.3, -0.25) is 0 Å². The zero-order valence-corrected chi connectivity index (χ0v) is 11.9. The normalized spacial score (nSPS) is 34.1. The Morgan fingerprint density at radius 2 is 1.95 bits per heavy atom. The van der Waals surface area contributed by atoms with E-state index in [1.807, 2.05) is 12.1 Å². The van der Waals surface area contributed by atoms with Gasteiger partial charge in [-0.1, -0.05) is 26.0 Å². The van der Waals surface area contributed by atoms with Crippen molar-refractivity contribution in [2.24, 2.45) is 11.8 Å². The summed E-state index contributed by atoms with van der Waals surface area (Å²) in [5, 5.41) is 9.93. The third-order valence-corrected chi connectivity index (χ3v) is 5.04. The molecule has 104 valence electrons. The second-order valence-corrected chi connectivity index (χ2v) is 6.39. The van der Waals surface area contributed by atoms with E-state index in [0.717, 1.165) is 48.8 Å². The van der Waals surface area contributed by atoms with Crippen molar-refractivity contribution in [1.82, 2.24) is 0 Å². The van der Waals surface area contributed by atoms with Crippen molar-refractivity contribution in [3.05, 3.63) is 29.3 Å². The Balaban J connectivity index is 1.74. The fourth-order valence-electron chi connectivity index (χ4n) is 3.49. The van der Waals surface area contributed by atoms with Gasteiger partial charge in [0.25, 0.3) is 0 Å². The second kappa shape index (κ2) is 5.16. The van der Waals surface area contributed by atoms with E-state index in [9.17, 15) is 5.11 Å². The molecule has 1 aromatic carbocycles. The number of ether oxygens (including phenoxy) is 1. The van der Waals surface area contributed by atoms with Gasteiger partial charge in [0.05, 0.1) is 12.2 Å². The van der Waals surface area contributed by atoms with E-state index in [2.05, 4.69) is 19.9 Å². The predicted octanol–water partition coefficient (Wildman–Crippen LogP) is 3.87. The van der Waals surface area contributed by atoms with E-state index >= 15 is 0 Å². The molecule has 4 atom stereocenters. The number of benzene rings is 1. The fourth-order valence-corrected chi connectivity index (χ4v) is 3.49. The average Bonchev–Trinajstić information content (AvgIpc) is 2.77. The minimum atomic E-state index is -0.288. The Labute approximate surface area is 115 Å². The molecule has 0 saturated heterocycles. The van der Waals surface area contributed by atoms with Gasteiger partial charge < -0.3 is 9.84 Å². The van der Waals surface area contributed by atoms with Crippen LogP contribution in [-0.4, -0.2) is 11.2 Å². The van der Waals surface area contributed by atoms with Gasteiger partial charge in [-0.25, -0.2) is 0 Å². The first-order valence-electron chi connectivity index (χ1n) is 7.61. The number of rotatable bonds is 2. The summed E-state index contributed by atoms with van der Waals surface area (Å²) in [7, 11) is 0. The highest BCUT2D eigenvalue weighted by atomic mass is 16.5. The minimum Gasteiger partial charge on any atom is -0.490 e. The summed E-state index contributed by atoms with van der Waals surface area (Å²) in [6.07, 6.45) is 5.45. The third-order valence-electron chi connectivity index (χ3n) is 5.04. The fraction of sp³-hybridized carbons (Fsp3) is 0.647. The highest BCUT2D eigenvalue weighted by Crippen LogP contribution is 2.39. The first kappa shape index (κ1) is 13.0. The molecular formula is C17H24O2. The highest BCUT2D eigenvalue weighted by Gasteiger charge is 2.28. The lowest BCUT2D eigenvalue weighted by Crippen LogP contribution is -2.29. The molecule has 3 rings (SSSR count). The Morgan fingerprint density at radius 3 is 2.74 bits per heavy atom. The van der Waals surface area contributed by atoms with E-state index in [4.69, 9.17) is 4.74 Å². The van der Waals surface area contributed by atoms with Gasteiger partial charge in [-0.05, 0) is 55.6 Å². The monoisotopic (exact) mass is 260 g/mol. The molecule has 2 heteroatoms. The summed E-state index contributed by atoms with van der Waals surface area (Å²) in [6, 6.07) is 6.11. The van der Waals surface area contributed by atoms with E-state index in [0.29, 0.717) is 6.10 Å². The first-order valence-corrected chi connectivity index (χ1v) is 7.61. The van der Waals surface area contributed by atoms with Crippen molar-refractivity contribution in [3.63, 3.8) is 0 Å². The maximum Gasteiger partial charge on any atom is 0.123 e. The number of fused-ring (bicyclic) bond motifs is 1. The van der Waals surface area contributed by atoms with E-state index < -0.39 is 0 Å². The van der Waals surface area contributed by atoms with Crippen molar-refractivity contribution in [3.8, 4) is 5.75 Å². The lowest BCUT2D eigenvalue weighted by atomic mass is 9.80. The van der Waals surface area contributed by atoms with Crippen LogP contribution >= 0.6 is 0 Å². The second-order valence-electron chi connectivity index (χ2n) is 6.39. The standard InChI is InChI=1S/C17H24O2/c1-11-6-7-13(10-12(11)2)19-17-5-3-4-14-15(17)8-9-16(14)18/h3-5,11-13,16,18H,6-10H2,1-2H3. The van der Waals surface area contributed by atoms with Gasteiger partial charge in [0.2, 0.25) is 0 Å². The molecule has 0 aliphatic heterocycles. The van der Waals surface area contributed by atoms with Crippen LogP contribution in [0.2, 0.25) is 0 Å². The van der Waals surface area contributed by atoms with E-state index in [1.54, 1.807) is 0 Å². The molecule has 1 N–H and O–H groups in total. The highest BCUT2D eigenvalue weighted by molar-refractivity contribution is 5.44. The van der Waals surface area contributed by atoms with Crippen molar-refractivity contribution in [1.29, 1.82) is 0 Å². The topological polar surface area (TPSA) is 29.5 Å². The zero-order chi connectivity index (χ0) is 13.4. The maximum atomic E-state index is 9.93. The number of aliphatic hydroxyl groups is 1. The largest absolute Gasteiger partial charge is 0.490 e. The van der Waals surface area contributed by atoms with E-state index in [1.165, 1.54) is 12.0 Å². The van der Waals surface area contributed by atoms with Crippen LogP contribution in [0, 0.1) is 11.8 Å². The third kappa shape index (κ3) is 2.51. The molecule has 1 saturated carbocycles. The smallest absolute Gasteiger partial charge is 0.123 e. The van der Waals surface area contributed by atoms with Gasteiger partial charge in [0.15, 0.2) is 0 Å². The summed E-state index contributed by atoms with van der Waals surface area (Å²) in [5.74, 6) is 2.59. The average molecular weight is 260 g/mol. The van der Waals surface area contributed by atoms with Crippen LogP contribution in [0.15, 0.2) is 18.2 Å². The summed E-state index contributed by atoms with van der Waals surface area (Å²) < 4.78 is 6.25. The maximum absolute atomic E-state index is 9.93. The molecule has 0 aromatic heterocycles. The van der Waals surface area contributed by atoms with Gasteiger partial charge >= 0.3 is 0 Å². The van der Waals surface area contributed by atoms with Gasteiger partial charge in [-0.15, -0.1) is 0 Å². The lowest BCUT2D eigenvalue weighted by Gasteiger charge is -2.32. The molecule has 4 unspecified atom stereocenters. The van der Waals surface area contributed by atoms with Crippen molar-refractivity contribution in [2.45, 2.75) is 58.2 Å². The quantitative estimate of drug-likeness (QED) is 0.874. The summed E-state index contributed by atoms with van der Waals surface area (Å²) in [5.41, 5.74) is 2.32. The van der Waals surface area contributed by atoms with Crippen molar-refractivity contribution >= 4 is 0 Å². The Hall–Kier alpha value is -1.02. The van der Waals surface area contributed by atoms with Crippen molar-refractivity contribution in [2.75, 3.05) is 0 Å². The van der Waals surface area contributed by atoms with Crippen LogP contribution in [0.4, 0.5) is 0 Å². The molecule has 0 heterocycles. The molecule has 0 radical (unpaired) electrons. The molecule has 0 spiro atoms. The van der Waals surface area contributed by atoms with Crippen LogP contribution in [0.3, 0.4) is 0 Å². The SMILES string of the molecule is CC1CCC(Oc2cccc3c2CCC3O)CC1C. The molecule has 1 aromatic rings. The molecule has 0 amide bonds. The Kier molecular flexibility index (Phi) is 3.53. The molecule has 1 fully saturated rings. The van der Waals surface area contributed by atoms with Crippen LogP contribution in [0.5, 0.6) is 5.75 Å². The van der Waals surface area contributed by atoms with Gasteiger partial charge in [-0.2, -0.15) is 0 Å². The van der Waals surface area contributed by atoms with Crippen molar-refractivity contribution < 1.29 is 9.84 Å². The van der Waals surface area contributed by atoms with Crippen LogP contribution < -0.4 is 4.74 Å². The summed E-state index contributed by atoms with van der Waals surface area (Å²) in [4.78, 5) is 0. The van der Waals surface area contributed by atoms with E-state index in [-0.39, 0.29) is 6.10 Å². The molecule has 2 aliphatic rings. The first-order chi connectivity index (χ1) is 9.15. The summed E-state index contributed by atoms with van der Waals surface area (Å²) >= 11 is 0. The number of aliphatic hydroxyl groups excluding tert-OH is 1. The Morgan fingerprint density at radius 1 is 1.11 bits per heavy atom. The minimum absolute atomic E-state index is 0.288. The van der Waals surface area contributed by atoms with Crippen LogP contribution in [0.1, 0.15) is 56.8 Å².